The van der Waals surface area contributed by atoms with E-state index in [1.165, 1.54) is 21.1 Å². The van der Waals surface area contributed by atoms with Crippen LogP contribution in [0, 0.1) is 15.9 Å². The molecule has 0 spiro atoms. The van der Waals surface area contributed by atoms with E-state index in [9.17, 15) is 0 Å². The quantitative estimate of drug-likeness (QED) is 0.142. The summed E-state index contributed by atoms with van der Waals surface area (Å²) in [7, 11) is 0. The van der Waals surface area contributed by atoms with Crippen LogP contribution in [-0.4, -0.2) is 23.3 Å². The van der Waals surface area contributed by atoms with E-state index < -0.39 is 0 Å². The Labute approximate surface area is 394 Å². The van der Waals surface area contributed by atoms with E-state index in [0.29, 0.717) is 11.5 Å². The second-order valence-corrected chi connectivity index (χ2v) is 18.1. The third-order valence-corrected chi connectivity index (χ3v) is 14.4. The summed E-state index contributed by atoms with van der Waals surface area (Å²) in [6, 6.07) is 77.4. The molecule has 0 aliphatic heterocycles. The van der Waals surface area contributed by atoms with Crippen LogP contribution in [0.25, 0.3) is 99.1 Å². The van der Waals surface area contributed by atoms with Gasteiger partial charge in [-0.15, -0.1) is 11.3 Å². The zero-order valence-corrected chi connectivity index (χ0v) is 38.2. The average Bonchev–Trinajstić information content (AvgIpc) is 4.13. The second-order valence-electron chi connectivity index (χ2n) is 16.1. The van der Waals surface area contributed by atoms with Crippen LogP contribution in [0.15, 0.2) is 212 Å². The molecule has 0 bridgehead atoms. The number of nitrogens with zero attached hydrogens (tertiary/aromatic N) is 5. The number of hydrogen-bond donors (Lipinski definition) is 0. The number of para-hydroxylation sites is 5. The third-order valence-electron chi connectivity index (χ3n) is 12.4. The molecule has 0 aliphatic carbocycles. The molecule has 0 radical (unpaired) electrons. The Bertz CT molecular complexity index is 3990. The molecule has 0 atom stereocenters. The van der Waals surface area contributed by atoms with Gasteiger partial charge in [-0.05, 0) is 23.6 Å². The Morgan fingerprint density at radius 3 is 1.79 bits per heavy atom. The Morgan fingerprint density at radius 1 is 0.455 bits per heavy atom. The molecule has 0 unspecified atom stereocenters. The molecule has 66 heavy (non-hydrogen) atoms. The van der Waals surface area contributed by atoms with Gasteiger partial charge in [0.2, 0.25) is 0 Å². The molecule has 0 fully saturated rings. The number of imidazole rings is 1. The summed E-state index contributed by atoms with van der Waals surface area (Å²) in [5.41, 5.74) is 14.0. The molecule has 0 saturated carbocycles. The summed E-state index contributed by atoms with van der Waals surface area (Å²) in [6.07, 6.45) is 1.97. The standard InChI is InChI=1S/C58H35N5OS.Pt/c1-3-15-39(16-4-1)45-23-14-24-46(40-17-5-2-6-18-40)57(45)61-38-60(52-27-11-12-28-53(52)61)41-19-13-20-43(35-41)64-44-30-31-48-47-21-7-9-25-50(47)63(55(48)36-44)56-32-29-42(37-59-56)62-51-26-10-8-22-49(51)58-54(62)33-34-65-58;/h1-34,37H;/q-2;. The van der Waals surface area contributed by atoms with E-state index in [1.807, 2.05) is 24.4 Å². The number of hydrogen-bond acceptors (Lipinski definition) is 3. The normalized spacial score (nSPS) is 11.7. The fraction of sp³-hybridized carbons (Fsp3) is 0. The third kappa shape index (κ3) is 6.19. The van der Waals surface area contributed by atoms with Crippen LogP contribution in [0.2, 0.25) is 0 Å². The minimum absolute atomic E-state index is 0.585. The molecule has 5 heterocycles. The first-order chi connectivity index (χ1) is 32.7. The summed E-state index contributed by atoms with van der Waals surface area (Å²) in [5, 5.41) is 5.60. The van der Waals surface area contributed by atoms with Gasteiger partial charge in [0.1, 0.15) is 0 Å². The summed E-state index contributed by atoms with van der Waals surface area (Å²) in [4.78, 5) is 5.11. The van der Waals surface area contributed by atoms with Crippen LogP contribution in [0.4, 0.5) is 0 Å². The summed E-state index contributed by atoms with van der Waals surface area (Å²) >= 11 is 4.24. The van der Waals surface area contributed by atoms with Crippen molar-refractivity contribution in [2.24, 2.45) is 0 Å². The van der Waals surface area contributed by atoms with Gasteiger partial charge in [-0.2, -0.15) is 0 Å². The average molecular weight is 1050 g/mol. The molecular formula is C58H35N5OPtS-2. The Balaban J connectivity index is 0.907. The molecule has 8 heteroatoms. The summed E-state index contributed by atoms with van der Waals surface area (Å²) in [5.74, 6) is 1.97. The Kier molecular flexibility index (Phi) is 9.19. The number of ether oxygens (including phenoxy) is 1. The van der Waals surface area contributed by atoms with Gasteiger partial charge in [0.15, 0.2) is 0 Å². The first kappa shape index (κ1) is 38.6. The predicted molar refractivity (Wildman–Crippen MR) is 265 cm³/mol. The maximum absolute atomic E-state index is 6.71. The fourth-order valence-corrected chi connectivity index (χ4v) is 11.5. The van der Waals surface area contributed by atoms with Crippen LogP contribution in [0.5, 0.6) is 11.5 Å². The Hall–Kier alpha value is -7.83. The molecule has 5 aromatic heterocycles. The van der Waals surface area contributed by atoms with Gasteiger partial charge in [0.25, 0.3) is 0 Å². The topological polar surface area (TPSA) is 41.8 Å². The second kappa shape index (κ2) is 15.7. The van der Waals surface area contributed by atoms with Crippen LogP contribution >= 0.6 is 11.3 Å². The summed E-state index contributed by atoms with van der Waals surface area (Å²) < 4.78 is 18.1. The number of pyridine rings is 1. The van der Waals surface area contributed by atoms with Crippen molar-refractivity contribution in [2.45, 2.75) is 0 Å². The molecular weight excluding hydrogens is 1010 g/mol. The van der Waals surface area contributed by atoms with Gasteiger partial charge in [-0.3, -0.25) is 0 Å². The molecule has 13 aromatic rings. The van der Waals surface area contributed by atoms with E-state index in [-0.39, 0.29) is 0 Å². The van der Waals surface area contributed by atoms with Crippen LogP contribution in [0.1, 0.15) is 0 Å². The van der Waals surface area contributed by atoms with Gasteiger partial charge in [0, 0.05) is 5.39 Å². The number of benzene rings is 8. The van der Waals surface area contributed by atoms with Crippen molar-refractivity contribution in [2.75, 3.05) is 0 Å². The molecule has 0 N–H and O–H groups in total. The zero-order valence-electron chi connectivity index (χ0n) is 35.1. The van der Waals surface area contributed by atoms with E-state index in [2.05, 4.69) is 237 Å². The molecule has 8 aromatic carbocycles. The first-order valence-electron chi connectivity index (χ1n) is 21.7. The van der Waals surface area contributed by atoms with Gasteiger partial charge in [0.05, 0.1) is 27.6 Å². The maximum atomic E-state index is 6.71. The van der Waals surface area contributed by atoms with Crippen molar-refractivity contribution in [3.05, 3.63) is 228 Å². The van der Waals surface area contributed by atoms with Gasteiger partial charge < -0.3 is 4.57 Å². The molecule has 13 rings (SSSR count). The number of fused-ring (bicyclic) bond motifs is 7. The van der Waals surface area contributed by atoms with Crippen LogP contribution < -0.4 is 4.74 Å². The molecule has 0 amide bonds. The zero-order chi connectivity index (χ0) is 43.7. The van der Waals surface area contributed by atoms with Crippen molar-refractivity contribution in [1.82, 2.24) is 23.3 Å². The van der Waals surface area contributed by atoms with Crippen molar-refractivity contribution in [1.29, 1.82) is 0 Å². The molecule has 0 saturated heterocycles. The molecule has 0 aliphatic rings. The van der Waals surface area contributed by atoms with E-state index in [1.54, 1.807) is 11.3 Å². The van der Waals surface area contributed by atoms with Crippen molar-refractivity contribution < 1.29 is 24.1 Å². The van der Waals surface area contributed by atoms with E-state index >= 15 is 0 Å². The van der Waals surface area contributed by atoms with Crippen LogP contribution in [0.3, 0.4) is 0 Å². The fourth-order valence-electron chi connectivity index (χ4n) is 9.55. The van der Waals surface area contributed by atoms with Gasteiger partial charge in [-0.1, -0.05) is 30.3 Å². The Morgan fingerprint density at radius 2 is 1.08 bits per heavy atom. The van der Waals surface area contributed by atoms with Crippen LogP contribution in [-0.2, 0) is 19.4 Å². The number of rotatable bonds is 8. The van der Waals surface area contributed by atoms with E-state index in [0.717, 1.165) is 81.8 Å². The minimum atomic E-state index is 0.585. The van der Waals surface area contributed by atoms with Crippen molar-refractivity contribution >= 4 is 65.3 Å². The summed E-state index contributed by atoms with van der Waals surface area (Å²) in [6.45, 7) is 0. The van der Waals surface area contributed by atoms with Gasteiger partial charge in [-0.25, -0.2) is 0 Å². The monoisotopic (exact) mass is 1040 g/mol. The van der Waals surface area contributed by atoms with Gasteiger partial charge >= 0.3 is 294 Å². The van der Waals surface area contributed by atoms with E-state index in [4.69, 9.17) is 9.72 Å². The number of aromatic nitrogens is 5. The first-order valence-corrected chi connectivity index (χ1v) is 23.7. The predicted octanol–water partition coefficient (Wildman–Crippen LogP) is 14.9. The van der Waals surface area contributed by atoms with Crippen molar-refractivity contribution in [3.8, 4) is 56.6 Å². The molecule has 316 valence electrons. The SMILES string of the molecule is [Pt]=[c]1n(-c2[c-]c(Oc3[c-]c4c(cc3)c3ccccc3n4-c3ccc(-n4c5ccccc5c5sccc54)cn3)ccc2)c2ccccc2n1-c1c(-c2ccccc2)cccc1-c1ccccc1. The molecule has 6 nitrogen and oxygen atoms in total. The number of thiophene rings is 1. The van der Waals surface area contributed by atoms with Crippen molar-refractivity contribution in [3.63, 3.8) is 0 Å².